The molecule has 5 heteroatoms. The normalized spacial score (nSPS) is 12.4. The van der Waals surface area contributed by atoms with Crippen LogP contribution in [0.3, 0.4) is 0 Å². The van der Waals surface area contributed by atoms with Crippen LogP contribution in [0.2, 0.25) is 0 Å². The Morgan fingerprint density at radius 1 is 0.463 bits per heavy atom. The molecule has 190 valence electrons. The maximum atomic E-state index is 5.29. The van der Waals surface area contributed by atoms with Crippen LogP contribution in [-0.2, 0) is 0 Å². The second-order valence-electron chi connectivity index (χ2n) is 10.9. The van der Waals surface area contributed by atoms with Gasteiger partial charge in [0.15, 0.2) is 0 Å². The number of fused-ring (bicyclic) bond motifs is 12. The fraction of sp³-hybridized carbons (Fsp3) is 0. The van der Waals surface area contributed by atoms with Crippen molar-refractivity contribution in [2.75, 3.05) is 0 Å². The molecule has 0 fully saturated rings. The fourth-order valence-corrected chi connectivity index (χ4v) is 6.79. The number of pyridine rings is 2. The minimum absolute atomic E-state index is 0.883. The van der Waals surface area contributed by atoms with E-state index in [2.05, 4.69) is 118 Å². The van der Waals surface area contributed by atoms with Crippen molar-refractivity contribution in [3.63, 3.8) is 0 Å². The molecule has 0 bridgehead atoms. The lowest BCUT2D eigenvalue weighted by molar-refractivity contribution is 1.10. The van der Waals surface area contributed by atoms with Gasteiger partial charge in [-0.25, -0.2) is 4.98 Å². The number of aromatic nitrogens is 5. The van der Waals surface area contributed by atoms with Crippen LogP contribution in [0.15, 0.2) is 115 Å². The first-order valence-electron chi connectivity index (χ1n) is 13.8. The zero-order valence-corrected chi connectivity index (χ0v) is 21.8. The summed E-state index contributed by atoms with van der Waals surface area (Å²) in [6.45, 7) is 0. The van der Waals surface area contributed by atoms with Gasteiger partial charge in [-0.2, -0.15) is 0 Å². The first-order valence-corrected chi connectivity index (χ1v) is 13.8. The number of benzene rings is 5. The Morgan fingerprint density at radius 3 is 1.71 bits per heavy atom. The molecule has 10 rings (SSSR count). The molecule has 5 heterocycles. The number of H-pyrrole nitrogens is 2. The highest BCUT2D eigenvalue weighted by molar-refractivity contribution is 6.21. The topological polar surface area (TPSA) is 62.3 Å². The van der Waals surface area contributed by atoms with Crippen molar-refractivity contribution in [2.24, 2.45) is 0 Å². The molecule has 0 saturated heterocycles. The Kier molecular flexibility index (Phi) is 3.87. The lowest BCUT2D eigenvalue weighted by Gasteiger charge is -2.10. The summed E-state index contributed by atoms with van der Waals surface area (Å²) >= 11 is 0. The van der Waals surface area contributed by atoms with Gasteiger partial charge in [0, 0.05) is 71.4 Å². The van der Waals surface area contributed by atoms with Crippen LogP contribution in [0.1, 0.15) is 0 Å². The van der Waals surface area contributed by atoms with Crippen LogP contribution in [0.25, 0.3) is 93.0 Å². The molecule has 0 aliphatic carbocycles. The number of hydrogen-bond acceptors (Lipinski definition) is 2. The summed E-state index contributed by atoms with van der Waals surface area (Å²) in [5, 5.41) is 9.42. The standard InChI is InChI=1S/C36H21N5/c1-3-9-28-22(7-1)24-18-32-26(16-30(24)38-28)27-17-31-25(23-8-2-4-10-29(23)39-31)19-33(27)41(32)34-14-13-21-12-11-20-6-5-15-37-35(20)36(21)40-34/h1-19,38-39H. The quantitative estimate of drug-likeness (QED) is 0.211. The summed E-state index contributed by atoms with van der Waals surface area (Å²) in [6.07, 6.45) is 1.85. The molecule has 0 amide bonds. The molecule has 10 aromatic rings. The molecule has 5 aromatic carbocycles. The highest BCUT2D eigenvalue weighted by Crippen LogP contribution is 2.40. The van der Waals surface area contributed by atoms with Gasteiger partial charge in [0.2, 0.25) is 0 Å². The van der Waals surface area contributed by atoms with E-state index in [4.69, 9.17) is 9.97 Å². The van der Waals surface area contributed by atoms with Crippen molar-refractivity contribution in [2.45, 2.75) is 0 Å². The number of rotatable bonds is 1. The van der Waals surface area contributed by atoms with E-state index in [1.54, 1.807) is 0 Å². The molecule has 0 spiro atoms. The molecule has 41 heavy (non-hydrogen) atoms. The van der Waals surface area contributed by atoms with Gasteiger partial charge in [-0.15, -0.1) is 0 Å². The minimum atomic E-state index is 0.883. The lowest BCUT2D eigenvalue weighted by atomic mass is 10.1. The molecule has 0 unspecified atom stereocenters. The lowest BCUT2D eigenvalue weighted by Crippen LogP contribution is -1.98. The van der Waals surface area contributed by atoms with Crippen LogP contribution in [0, 0.1) is 0 Å². The number of para-hydroxylation sites is 2. The smallest absolute Gasteiger partial charge is 0.138 e. The van der Waals surface area contributed by atoms with Gasteiger partial charge >= 0.3 is 0 Å². The molecule has 2 N–H and O–H groups in total. The average molecular weight is 524 g/mol. The molecule has 0 aliphatic heterocycles. The second-order valence-corrected chi connectivity index (χ2v) is 10.9. The summed E-state index contributed by atoms with van der Waals surface area (Å²) in [4.78, 5) is 17.3. The van der Waals surface area contributed by atoms with Crippen LogP contribution in [0.5, 0.6) is 0 Å². The van der Waals surface area contributed by atoms with Gasteiger partial charge in [0.05, 0.1) is 22.1 Å². The predicted molar refractivity (Wildman–Crippen MR) is 170 cm³/mol. The number of hydrogen-bond donors (Lipinski definition) is 2. The van der Waals surface area contributed by atoms with Gasteiger partial charge in [-0.3, -0.25) is 9.55 Å². The Balaban J connectivity index is 1.40. The predicted octanol–water partition coefficient (Wildman–Crippen LogP) is 9.15. The van der Waals surface area contributed by atoms with Crippen molar-refractivity contribution < 1.29 is 0 Å². The zero-order chi connectivity index (χ0) is 26.7. The van der Waals surface area contributed by atoms with Crippen LogP contribution in [0.4, 0.5) is 0 Å². The molecule has 5 nitrogen and oxygen atoms in total. The van der Waals surface area contributed by atoms with Crippen LogP contribution < -0.4 is 0 Å². The minimum Gasteiger partial charge on any atom is -0.354 e. The average Bonchev–Trinajstić information content (AvgIpc) is 3.67. The molecule has 0 aliphatic rings. The maximum Gasteiger partial charge on any atom is 0.138 e. The molecular weight excluding hydrogens is 502 g/mol. The van der Waals surface area contributed by atoms with Crippen molar-refractivity contribution in [3.05, 3.63) is 115 Å². The van der Waals surface area contributed by atoms with Crippen molar-refractivity contribution in [1.82, 2.24) is 24.5 Å². The van der Waals surface area contributed by atoms with E-state index in [1.807, 2.05) is 12.3 Å². The van der Waals surface area contributed by atoms with Gasteiger partial charge in [0.1, 0.15) is 5.82 Å². The molecule has 0 saturated carbocycles. The summed E-state index contributed by atoms with van der Waals surface area (Å²) in [5.74, 6) is 0.883. The summed E-state index contributed by atoms with van der Waals surface area (Å²) in [7, 11) is 0. The van der Waals surface area contributed by atoms with E-state index in [1.165, 1.54) is 32.3 Å². The van der Waals surface area contributed by atoms with Crippen molar-refractivity contribution >= 4 is 87.2 Å². The fourth-order valence-electron chi connectivity index (χ4n) is 6.79. The van der Waals surface area contributed by atoms with Crippen molar-refractivity contribution in [1.29, 1.82) is 0 Å². The molecule has 0 atom stereocenters. The van der Waals surface area contributed by atoms with Crippen LogP contribution >= 0.6 is 0 Å². The van der Waals surface area contributed by atoms with E-state index in [9.17, 15) is 0 Å². The highest BCUT2D eigenvalue weighted by Gasteiger charge is 2.19. The number of aromatic amines is 2. The highest BCUT2D eigenvalue weighted by atomic mass is 15.1. The Morgan fingerprint density at radius 2 is 1.05 bits per heavy atom. The Hall–Kier alpha value is -5.68. The van der Waals surface area contributed by atoms with Gasteiger partial charge in [-0.05, 0) is 54.6 Å². The van der Waals surface area contributed by atoms with Gasteiger partial charge in [0.25, 0.3) is 0 Å². The van der Waals surface area contributed by atoms with E-state index in [0.29, 0.717) is 0 Å². The van der Waals surface area contributed by atoms with E-state index in [0.717, 1.165) is 60.7 Å². The van der Waals surface area contributed by atoms with E-state index >= 15 is 0 Å². The summed E-state index contributed by atoms with van der Waals surface area (Å²) < 4.78 is 2.33. The second kappa shape index (κ2) is 7.49. The van der Waals surface area contributed by atoms with Gasteiger partial charge < -0.3 is 9.97 Å². The number of nitrogens with one attached hydrogen (secondary N) is 2. The zero-order valence-electron chi connectivity index (χ0n) is 21.8. The molecule has 5 aromatic heterocycles. The SMILES string of the molecule is c1cnc2c(c1)ccc1ccc(-n3c4cc5c(cc4c4cc6[nH]c7ccccc7c6cc43)[nH]c3ccccc35)nc12. The molecule has 0 radical (unpaired) electrons. The number of nitrogens with zero attached hydrogens (tertiary/aromatic N) is 3. The summed E-state index contributed by atoms with van der Waals surface area (Å²) in [6, 6.07) is 38.9. The Bertz CT molecular complexity index is 2580. The van der Waals surface area contributed by atoms with E-state index < -0.39 is 0 Å². The third kappa shape index (κ3) is 2.79. The maximum absolute atomic E-state index is 5.29. The van der Waals surface area contributed by atoms with Crippen LogP contribution in [-0.4, -0.2) is 24.5 Å². The Labute approximate surface area is 232 Å². The first-order chi connectivity index (χ1) is 20.3. The monoisotopic (exact) mass is 523 g/mol. The summed E-state index contributed by atoms with van der Waals surface area (Å²) in [5.41, 5.74) is 8.66. The third-order valence-corrected chi connectivity index (χ3v) is 8.66. The third-order valence-electron chi connectivity index (χ3n) is 8.66. The first kappa shape index (κ1) is 21.2. The van der Waals surface area contributed by atoms with Crippen molar-refractivity contribution in [3.8, 4) is 5.82 Å². The van der Waals surface area contributed by atoms with Gasteiger partial charge in [-0.1, -0.05) is 54.6 Å². The largest absolute Gasteiger partial charge is 0.354 e. The molecular formula is C36H21N5. The van der Waals surface area contributed by atoms with E-state index in [-0.39, 0.29) is 0 Å².